The van der Waals surface area contributed by atoms with E-state index in [-0.39, 0.29) is 11.7 Å². The van der Waals surface area contributed by atoms with Crippen molar-refractivity contribution < 1.29 is 14.7 Å². The molecule has 0 saturated carbocycles. The van der Waals surface area contributed by atoms with Crippen molar-refractivity contribution in [2.75, 3.05) is 12.3 Å². The summed E-state index contributed by atoms with van der Waals surface area (Å²) in [5.41, 5.74) is 1.72. The van der Waals surface area contributed by atoms with Gasteiger partial charge in [0.15, 0.2) is 5.16 Å². The Balaban J connectivity index is 1.96. The molecule has 1 aromatic rings. The van der Waals surface area contributed by atoms with E-state index in [1.54, 1.807) is 0 Å². The minimum Gasteiger partial charge on any atom is -0.480 e. The van der Waals surface area contributed by atoms with E-state index in [1.165, 1.54) is 16.7 Å². The Morgan fingerprint density at radius 3 is 2.65 bits per heavy atom. The molecule has 0 aromatic carbocycles. The number of amides is 1. The third-order valence-electron chi connectivity index (χ3n) is 3.14. The smallest absolute Gasteiger partial charge is 0.326 e. The highest BCUT2D eigenvalue weighted by molar-refractivity contribution is 7.99. The first-order chi connectivity index (χ1) is 9.47. The number of aliphatic carboxylic acids is 1. The molecule has 1 saturated heterocycles. The summed E-state index contributed by atoms with van der Waals surface area (Å²) >= 11 is 1.25. The molecule has 7 heteroatoms. The summed E-state index contributed by atoms with van der Waals surface area (Å²) in [4.78, 5) is 33.1. The van der Waals surface area contributed by atoms with E-state index >= 15 is 0 Å². The van der Waals surface area contributed by atoms with Crippen molar-refractivity contribution in [3.8, 4) is 0 Å². The van der Waals surface area contributed by atoms with Gasteiger partial charge in [-0.1, -0.05) is 11.8 Å². The van der Waals surface area contributed by atoms with Crippen LogP contribution in [0.1, 0.15) is 24.2 Å². The summed E-state index contributed by atoms with van der Waals surface area (Å²) in [7, 11) is 0. The number of aryl methyl sites for hydroxylation is 2. The number of hydrogen-bond donors (Lipinski definition) is 1. The number of hydrogen-bond acceptors (Lipinski definition) is 5. The van der Waals surface area contributed by atoms with Gasteiger partial charge in [-0.2, -0.15) is 0 Å². The van der Waals surface area contributed by atoms with E-state index in [4.69, 9.17) is 5.11 Å². The van der Waals surface area contributed by atoms with E-state index < -0.39 is 12.0 Å². The minimum atomic E-state index is -0.927. The van der Waals surface area contributed by atoms with Crippen LogP contribution in [0.15, 0.2) is 11.2 Å². The number of aromatic nitrogens is 2. The van der Waals surface area contributed by atoms with Gasteiger partial charge in [-0.05, 0) is 32.8 Å². The van der Waals surface area contributed by atoms with E-state index in [0.717, 1.165) is 17.8 Å². The van der Waals surface area contributed by atoms with Crippen molar-refractivity contribution >= 4 is 23.6 Å². The fraction of sp³-hybridized carbons (Fsp3) is 0.538. The van der Waals surface area contributed by atoms with Gasteiger partial charge in [0.05, 0.1) is 5.75 Å². The van der Waals surface area contributed by atoms with Gasteiger partial charge < -0.3 is 10.0 Å². The van der Waals surface area contributed by atoms with Crippen LogP contribution in [-0.4, -0.2) is 50.2 Å². The number of carboxylic acid groups (broad SMARTS) is 1. The zero-order valence-electron chi connectivity index (χ0n) is 11.5. The number of carbonyl (C=O) groups is 2. The van der Waals surface area contributed by atoms with Crippen molar-refractivity contribution in [2.45, 2.75) is 37.9 Å². The largest absolute Gasteiger partial charge is 0.480 e. The molecule has 108 valence electrons. The fourth-order valence-corrected chi connectivity index (χ4v) is 3.12. The molecule has 1 aromatic heterocycles. The minimum absolute atomic E-state index is 0.164. The number of nitrogens with zero attached hydrogens (tertiary/aromatic N) is 3. The van der Waals surface area contributed by atoms with Crippen LogP contribution in [-0.2, 0) is 9.59 Å². The van der Waals surface area contributed by atoms with Gasteiger partial charge in [-0.15, -0.1) is 0 Å². The second kappa shape index (κ2) is 6.21. The summed E-state index contributed by atoms with van der Waals surface area (Å²) in [5.74, 6) is -0.918. The van der Waals surface area contributed by atoms with Gasteiger partial charge in [-0.25, -0.2) is 14.8 Å². The molecule has 1 fully saturated rings. The Labute approximate surface area is 121 Å². The molecule has 6 nitrogen and oxygen atoms in total. The van der Waals surface area contributed by atoms with Gasteiger partial charge in [0, 0.05) is 17.9 Å². The van der Waals surface area contributed by atoms with Crippen LogP contribution in [0.4, 0.5) is 0 Å². The first kappa shape index (κ1) is 14.8. The molecule has 0 bridgehead atoms. The van der Waals surface area contributed by atoms with Crippen LogP contribution >= 0.6 is 11.8 Å². The molecule has 1 aliphatic rings. The van der Waals surface area contributed by atoms with E-state index in [2.05, 4.69) is 9.97 Å². The second-order valence-electron chi connectivity index (χ2n) is 4.81. The van der Waals surface area contributed by atoms with Crippen LogP contribution in [0, 0.1) is 13.8 Å². The molecule has 20 heavy (non-hydrogen) atoms. The lowest BCUT2D eigenvalue weighted by atomic mass is 10.2. The molecule has 2 rings (SSSR count). The Morgan fingerprint density at radius 2 is 2.05 bits per heavy atom. The molecule has 1 atom stereocenters. The van der Waals surface area contributed by atoms with E-state index in [0.29, 0.717) is 18.1 Å². The summed E-state index contributed by atoms with van der Waals surface area (Å²) in [6.45, 7) is 4.27. The average Bonchev–Trinajstić information content (AvgIpc) is 2.84. The first-order valence-electron chi connectivity index (χ1n) is 6.44. The molecular weight excluding hydrogens is 278 g/mol. The summed E-state index contributed by atoms with van der Waals surface area (Å²) in [6.07, 6.45) is 1.28. The Hall–Kier alpha value is -1.63. The maximum Gasteiger partial charge on any atom is 0.326 e. The maximum absolute atomic E-state index is 12.1. The molecule has 0 radical (unpaired) electrons. The van der Waals surface area contributed by atoms with Crippen molar-refractivity contribution in [3.05, 3.63) is 17.5 Å². The molecule has 1 amide bonds. The molecule has 0 unspecified atom stereocenters. The Bertz CT molecular complexity index is 515. The lowest BCUT2D eigenvalue weighted by molar-refractivity contribution is -0.147. The summed E-state index contributed by atoms with van der Waals surface area (Å²) < 4.78 is 0. The zero-order chi connectivity index (χ0) is 14.7. The monoisotopic (exact) mass is 295 g/mol. The van der Waals surface area contributed by atoms with Crippen LogP contribution in [0.2, 0.25) is 0 Å². The fourth-order valence-electron chi connectivity index (χ4n) is 2.29. The second-order valence-corrected chi connectivity index (χ2v) is 5.75. The highest BCUT2D eigenvalue weighted by Gasteiger charge is 2.33. The normalized spacial score (nSPS) is 18.3. The van der Waals surface area contributed by atoms with E-state index in [9.17, 15) is 9.59 Å². The topological polar surface area (TPSA) is 83.4 Å². The third-order valence-corrected chi connectivity index (χ3v) is 3.98. The van der Waals surface area contributed by atoms with Gasteiger partial charge in [0.2, 0.25) is 5.91 Å². The summed E-state index contributed by atoms with van der Waals surface area (Å²) in [5, 5.41) is 9.62. The van der Waals surface area contributed by atoms with Gasteiger partial charge in [0.1, 0.15) is 6.04 Å². The van der Waals surface area contributed by atoms with Gasteiger partial charge >= 0.3 is 5.97 Å². The van der Waals surface area contributed by atoms with Gasteiger partial charge in [-0.3, -0.25) is 4.79 Å². The molecule has 0 aliphatic carbocycles. The third kappa shape index (κ3) is 3.47. The first-order valence-corrected chi connectivity index (χ1v) is 7.43. The van der Waals surface area contributed by atoms with Crippen LogP contribution in [0.3, 0.4) is 0 Å². The highest BCUT2D eigenvalue weighted by atomic mass is 32.2. The lowest BCUT2D eigenvalue weighted by Crippen LogP contribution is -2.41. The van der Waals surface area contributed by atoms with Crippen LogP contribution < -0.4 is 0 Å². The van der Waals surface area contributed by atoms with Crippen LogP contribution in [0.5, 0.6) is 0 Å². The number of carboxylic acids is 1. The predicted octanol–water partition coefficient (Wildman–Crippen LogP) is 1.26. The lowest BCUT2D eigenvalue weighted by Gasteiger charge is -2.20. The molecule has 2 heterocycles. The molecular formula is C13H17N3O3S. The quantitative estimate of drug-likeness (QED) is 0.665. The Morgan fingerprint density at radius 1 is 1.40 bits per heavy atom. The number of rotatable bonds is 4. The average molecular weight is 295 g/mol. The number of likely N-dealkylation sites (tertiary alicyclic amines) is 1. The number of carbonyl (C=O) groups excluding carboxylic acids is 1. The maximum atomic E-state index is 12.1. The molecule has 1 N–H and O–H groups in total. The zero-order valence-corrected chi connectivity index (χ0v) is 12.3. The van der Waals surface area contributed by atoms with Crippen molar-refractivity contribution in [3.63, 3.8) is 0 Å². The standard InChI is InChI=1S/C13H17N3O3S/c1-8-6-9(2)15-13(14-8)20-7-11(17)16-5-3-4-10(16)12(18)19/h6,10H,3-5,7H2,1-2H3,(H,18,19)/t10-/m1/s1. The van der Waals surface area contributed by atoms with E-state index in [1.807, 2.05) is 19.9 Å². The predicted molar refractivity (Wildman–Crippen MR) is 74.6 cm³/mol. The highest BCUT2D eigenvalue weighted by Crippen LogP contribution is 2.21. The van der Waals surface area contributed by atoms with Crippen LogP contribution in [0.25, 0.3) is 0 Å². The molecule has 1 aliphatic heterocycles. The summed E-state index contributed by atoms with van der Waals surface area (Å²) in [6, 6.07) is 1.19. The SMILES string of the molecule is Cc1cc(C)nc(SCC(=O)N2CCC[C@@H]2C(=O)O)n1. The van der Waals surface area contributed by atoms with Crippen molar-refractivity contribution in [1.29, 1.82) is 0 Å². The van der Waals surface area contributed by atoms with Gasteiger partial charge in [0.25, 0.3) is 0 Å². The van der Waals surface area contributed by atoms with Crippen molar-refractivity contribution in [1.82, 2.24) is 14.9 Å². The van der Waals surface area contributed by atoms with Crippen molar-refractivity contribution in [2.24, 2.45) is 0 Å². The molecule has 0 spiro atoms. The number of thioether (sulfide) groups is 1. The Kier molecular flexibility index (Phi) is 4.59.